The number of carbonyl (C=O) groups is 1. The molecule has 0 saturated carbocycles. The lowest BCUT2D eigenvalue weighted by atomic mass is 10.3. The second kappa shape index (κ2) is 16.1. The van der Waals surface area contributed by atoms with Gasteiger partial charge in [-0.2, -0.15) is 0 Å². The lowest BCUT2D eigenvalue weighted by molar-refractivity contribution is -0.385. The summed E-state index contributed by atoms with van der Waals surface area (Å²) in [5.41, 5.74) is 6.11. The van der Waals surface area contributed by atoms with Crippen molar-refractivity contribution in [2.75, 3.05) is 22.6 Å². The van der Waals surface area contributed by atoms with Crippen LogP contribution in [0.1, 0.15) is 13.8 Å². The number of rotatable bonds is 8. The molecule has 35 heavy (non-hydrogen) atoms. The van der Waals surface area contributed by atoms with Crippen molar-refractivity contribution in [1.29, 1.82) is 0 Å². The van der Waals surface area contributed by atoms with E-state index in [9.17, 15) is 25.0 Å². The van der Waals surface area contributed by atoms with Gasteiger partial charge in [0.05, 0.1) is 16.0 Å². The van der Waals surface area contributed by atoms with E-state index in [0.717, 1.165) is 22.8 Å². The standard InChI is InChI=1S/C9H7N3O2S.C7H7N3O3.C5H11BrO/c13-12(14)8-3-1-7(2-4-8)11-9-10-5-6-15-9;8-7(11)9-5-1-3-6(4-2-5)10(12)13;1-3-7-5(2)4-6/h1-6H,(H,10,11);1-4H,(H3,8,9,11);5H,3-4H2,1-2H3. The molecule has 1 atom stereocenters. The van der Waals surface area contributed by atoms with Crippen molar-refractivity contribution in [3.63, 3.8) is 0 Å². The number of carbonyl (C=O) groups excluding carboxylic acids is 1. The molecule has 2 aromatic carbocycles. The van der Waals surface area contributed by atoms with Gasteiger partial charge in [0, 0.05) is 59.2 Å². The number of hydrogen-bond donors (Lipinski definition) is 3. The molecule has 3 rings (SSSR count). The number of halogens is 1. The number of nitrogens with zero attached hydrogens (tertiary/aromatic N) is 3. The molecular formula is C21H25BrN6O6S. The highest BCUT2D eigenvalue weighted by molar-refractivity contribution is 9.09. The molecule has 0 fully saturated rings. The van der Waals surface area contributed by atoms with Crippen LogP contribution in [0.25, 0.3) is 0 Å². The summed E-state index contributed by atoms with van der Waals surface area (Å²) in [6.07, 6.45) is 2.06. The molecule has 4 N–H and O–H groups in total. The number of urea groups is 1. The fourth-order valence-corrected chi connectivity index (χ4v) is 2.95. The number of nitrogens with one attached hydrogen (secondary N) is 2. The predicted molar refractivity (Wildman–Crippen MR) is 140 cm³/mol. The van der Waals surface area contributed by atoms with E-state index in [1.807, 2.05) is 19.2 Å². The number of thiazole rings is 1. The Balaban J connectivity index is 0.000000281. The molecule has 0 radical (unpaired) electrons. The lowest BCUT2D eigenvalue weighted by Gasteiger charge is -2.04. The molecule has 0 aliphatic heterocycles. The highest BCUT2D eigenvalue weighted by atomic mass is 79.9. The molecule has 0 aliphatic carbocycles. The number of ether oxygens (including phenoxy) is 1. The number of primary amides is 1. The SMILES string of the molecule is CCOC(C)CBr.NC(=O)Nc1ccc([N+](=O)[O-])cc1.O=[N+]([O-])c1ccc(Nc2nccs2)cc1. The van der Waals surface area contributed by atoms with E-state index in [-0.39, 0.29) is 11.4 Å². The smallest absolute Gasteiger partial charge is 0.316 e. The van der Waals surface area contributed by atoms with Crippen LogP contribution in [0.15, 0.2) is 60.1 Å². The van der Waals surface area contributed by atoms with E-state index in [1.165, 1.54) is 47.7 Å². The van der Waals surface area contributed by atoms with Crippen molar-refractivity contribution in [2.24, 2.45) is 5.73 Å². The molecule has 1 unspecified atom stereocenters. The van der Waals surface area contributed by atoms with Gasteiger partial charge in [0.2, 0.25) is 0 Å². The van der Waals surface area contributed by atoms with Gasteiger partial charge in [-0.05, 0) is 38.1 Å². The van der Waals surface area contributed by atoms with Crippen LogP contribution in [0, 0.1) is 20.2 Å². The van der Waals surface area contributed by atoms with Crippen LogP contribution >= 0.6 is 27.3 Å². The number of aromatic nitrogens is 1. The average molecular weight is 569 g/mol. The van der Waals surface area contributed by atoms with Gasteiger partial charge >= 0.3 is 6.03 Å². The van der Waals surface area contributed by atoms with Crippen LogP contribution in [-0.4, -0.2) is 38.9 Å². The number of nitrogens with two attached hydrogens (primary N) is 1. The Morgan fingerprint density at radius 3 is 1.94 bits per heavy atom. The average Bonchev–Trinajstić information content (AvgIpc) is 3.33. The van der Waals surface area contributed by atoms with Gasteiger partial charge in [-0.25, -0.2) is 9.78 Å². The maximum atomic E-state index is 10.4. The highest BCUT2D eigenvalue weighted by Crippen LogP contribution is 2.21. The normalized spacial score (nSPS) is 10.5. The van der Waals surface area contributed by atoms with Crippen LogP contribution in [0.5, 0.6) is 0 Å². The summed E-state index contributed by atoms with van der Waals surface area (Å²) in [6.45, 7) is 4.85. The molecule has 12 nitrogen and oxygen atoms in total. The minimum absolute atomic E-state index is 0.0324. The zero-order valence-corrected chi connectivity index (χ0v) is 21.3. The fourth-order valence-electron chi connectivity index (χ4n) is 2.21. The van der Waals surface area contributed by atoms with Crippen LogP contribution in [0.4, 0.5) is 32.7 Å². The molecule has 1 heterocycles. The van der Waals surface area contributed by atoms with Crippen molar-refractivity contribution in [3.05, 3.63) is 80.3 Å². The lowest BCUT2D eigenvalue weighted by Crippen LogP contribution is -2.19. The van der Waals surface area contributed by atoms with E-state index in [4.69, 9.17) is 10.5 Å². The molecule has 0 bridgehead atoms. The number of nitro groups is 2. The summed E-state index contributed by atoms with van der Waals surface area (Å²) >= 11 is 4.76. The molecular weight excluding hydrogens is 544 g/mol. The molecule has 188 valence electrons. The van der Waals surface area contributed by atoms with Gasteiger partial charge in [-0.15, -0.1) is 11.3 Å². The molecule has 1 aromatic heterocycles. The van der Waals surface area contributed by atoms with Gasteiger partial charge in [-0.3, -0.25) is 20.2 Å². The molecule has 3 aromatic rings. The Labute approximate surface area is 213 Å². The van der Waals surface area contributed by atoms with Gasteiger partial charge in [0.15, 0.2) is 5.13 Å². The van der Waals surface area contributed by atoms with Crippen molar-refractivity contribution in [1.82, 2.24) is 4.98 Å². The Kier molecular flexibility index (Phi) is 13.5. The van der Waals surface area contributed by atoms with E-state index in [2.05, 4.69) is 31.5 Å². The Morgan fingerprint density at radius 1 is 1.09 bits per heavy atom. The minimum Gasteiger partial charge on any atom is -0.378 e. The third-order valence-corrected chi connectivity index (χ3v) is 5.38. The third-order valence-electron chi connectivity index (χ3n) is 3.78. The van der Waals surface area contributed by atoms with Crippen molar-refractivity contribution >= 4 is 61.2 Å². The monoisotopic (exact) mass is 568 g/mol. The number of alkyl halides is 1. The quantitative estimate of drug-likeness (QED) is 0.176. The number of benzene rings is 2. The van der Waals surface area contributed by atoms with E-state index >= 15 is 0 Å². The summed E-state index contributed by atoms with van der Waals surface area (Å²) in [5.74, 6) is 0. The summed E-state index contributed by atoms with van der Waals surface area (Å²) in [7, 11) is 0. The van der Waals surface area contributed by atoms with E-state index in [0.29, 0.717) is 11.8 Å². The molecule has 0 aliphatic rings. The fraction of sp³-hybridized carbons (Fsp3) is 0.238. The minimum atomic E-state index is -0.700. The zero-order valence-electron chi connectivity index (χ0n) is 18.9. The van der Waals surface area contributed by atoms with Crippen LogP contribution in [0.3, 0.4) is 0 Å². The summed E-state index contributed by atoms with van der Waals surface area (Å²) in [4.78, 5) is 34.1. The first-order valence-corrected chi connectivity index (χ1v) is 12.1. The zero-order chi connectivity index (χ0) is 26.2. The second-order valence-corrected chi connectivity index (χ2v) is 8.02. The molecule has 2 amide bonds. The summed E-state index contributed by atoms with van der Waals surface area (Å²) in [6, 6.07) is 10.9. The number of nitro benzene ring substituents is 2. The molecule has 0 saturated heterocycles. The largest absolute Gasteiger partial charge is 0.378 e. The van der Waals surface area contributed by atoms with Gasteiger partial charge in [0.25, 0.3) is 11.4 Å². The molecule has 0 spiro atoms. The third kappa shape index (κ3) is 12.4. The Morgan fingerprint density at radius 2 is 1.60 bits per heavy atom. The number of anilines is 3. The van der Waals surface area contributed by atoms with Crippen molar-refractivity contribution < 1.29 is 19.4 Å². The van der Waals surface area contributed by atoms with Crippen LogP contribution in [0.2, 0.25) is 0 Å². The number of amides is 2. The first kappa shape index (κ1) is 29.4. The van der Waals surface area contributed by atoms with Crippen molar-refractivity contribution in [3.8, 4) is 0 Å². The number of hydrogen-bond acceptors (Lipinski definition) is 9. The highest BCUT2D eigenvalue weighted by Gasteiger charge is 2.05. The van der Waals surface area contributed by atoms with Gasteiger partial charge < -0.3 is 21.1 Å². The Hall–Kier alpha value is -3.62. The van der Waals surface area contributed by atoms with Gasteiger partial charge in [-0.1, -0.05) is 15.9 Å². The Bertz CT molecular complexity index is 1050. The maximum Gasteiger partial charge on any atom is 0.316 e. The first-order valence-electron chi connectivity index (χ1n) is 10.1. The predicted octanol–water partition coefficient (Wildman–Crippen LogP) is 5.69. The van der Waals surface area contributed by atoms with E-state index < -0.39 is 15.9 Å². The maximum absolute atomic E-state index is 10.4. The topological polar surface area (TPSA) is 176 Å². The first-order chi connectivity index (χ1) is 16.7. The summed E-state index contributed by atoms with van der Waals surface area (Å²) in [5, 5.41) is 29.5. The summed E-state index contributed by atoms with van der Waals surface area (Å²) < 4.78 is 5.14. The van der Waals surface area contributed by atoms with Crippen molar-refractivity contribution in [2.45, 2.75) is 20.0 Å². The molecule has 14 heteroatoms. The van der Waals surface area contributed by atoms with E-state index in [1.54, 1.807) is 18.3 Å². The van der Waals surface area contributed by atoms with Crippen LogP contribution in [-0.2, 0) is 4.74 Å². The van der Waals surface area contributed by atoms with Crippen LogP contribution < -0.4 is 16.4 Å². The number of non-ortho nitro benzene ring substituents is 2. The van der Waals surface area contributed by atoms with Gasteiger partial charge in [0.1, 0.15) is 0 Å². The second-order valence-electron chi connectivity index (χ2n) is 6.48.